The number of aromatic nitrogens is 7. The topological polar surface area (TPSA) is 77.5 Å². The molecule has 146 valence electrons. The van der Waals surface area contributed by atoms with Crippen LogP contribution in [0.1, 0.15) is 32.0 Å². The zero-order chi connectivity index (χ0) is 19.6. The highest BCUT2D eigenvalue weighted by molar-refractivity contribution is 7.19. The van der Waals surface area contributed by atoms with Crippen LogP contribution in [0.3, 0.4) is 0 Å². The number of imidazole rings is 1. The number of anilines is 1. The Hall–Kier alpha value is -2.78. The van der Waals surface area contributed by atoms with Gasteiger partial charge in [0.1, 0.15) is 17.6 Å². The van der Waals surface area contributed by atoms with Gasteiger partial charge in [-0.25, -0.2) is 9.97 Å². The highest BCUT2D eigenvalue weighted by Crippen LogP contribution is 2.48. The van der Waals surface area contributed by atoms with E-state index in [0.717, 1.165) is 58.2 Å². The smallest absolute Gasteiger partial charge is 0.237 e. The van der Waals surface area contributed by atoms with Crippen molar-refractivity contribution in [2.24, 2.45) is 0 Å². The molecule has 0 radical (unpaired) electrons. The van der Waals surface area contributed by atoms with E-state index in [1.165, 1.54) is 11.3 Å². The molecule has 4 aromatic heterocycles. The lowest BCUT2D eigenvalue weighted by molar-refractivity contribution is 0.382. The van der Waals surface area contributed by atoms with Crippen LogP contribution in [-0.2, 0) is 5.54 Å². The van der Waals surface area contributed by atoms with Gasteiger partial charge in [-0.3, -0.25) is 9.13 Å². The molecule has 0 amide bonds. The van der Waals surface area contributed by atoms with E-state index in [9.17, 15) is 0 Å². The van der Waals surface area contributed by atoms with E-state index in [4.69, 9.17) is 16.6 Å². The first kappa shape index (κ1) is 17.1. The molecule has 0 aromatic carbocycles. The van der Waals surface area contributed by atoms with Crippen molar-refractivity contribution in [2.45, 2.75) is 31.7 Å². The monoisotopic (exact) mass is 424 g/mol. The Labute approximate surface area is 175 Å². The van der Waals surface area contributed by atoms with Gasteiger partial charge in [-0.1, -0.05) is 18.5 Å². The van der Waals surface area contributed by atoms with Crippen molar-refractivity contribution < 1.29 is 0 Å². The van der Waals surface area contributed by atoms with Gasteiger partial charge in [0.15, 0.2) is 17.5 Å². The van der Waals surface area contributed by atoms with Crippen LogP contribution in [0, 0.1) is 0 Å². The first-order valence-electron chi connectivity index (χ1n) is 9.56. The summed E-state index contributed by atoms with van der Waals surface area (Å²) < 4.78 is 4.68. The van der Waals surface area contributed by atoms with Crippen LogP contribution in [0.2, 0.25) is 4.34 Å². The Balaban J connectivity index is 1.53. The first-order valence-corrected chi connectivity index (χ1v) is 10.8. The van der Waals surface area contributed by atoms with E-state index in [2.05, 4.69) is 32.0 Å². The molecule has 0 N–H and O–H groups in total. The average Bonchev–Trinajstić information content (AvgIpc) is 3.52. The van der Waals surface area contributed by atoms with Crippen molar-refractivity contribution in [3.05, 3.63) is 47.2 Å². The van der Waals surface area contributed by atoms with Crippen molar-refractivity contribution >= 4 is 28.8 Å². The highest BCUT2D eigenvalue weighted by Gasteiger charge is 2.49. The summed E-state index contributed by atoms with van der Waals surface area (Å²) in [5.41, 5.74) is 0.759. The van der Waals surface area contributed by atoms with Crippen molar-refractivity contribution in [1.82, 2.24) is 34.3 Å². The second-order valence-electron chi connectivity index (χ2n) is 7.27. The number of rotatable bonds is 3. The summed E-state index contributed by atoms with van der Waals surface area (Å²) in [6.45, 7) is 3.15. The quantitative estimate of drug-likeness (QED) is 0.497. The molecular formula is C19H17ClN8S. The van der Waals surface area contributed by atoms with Crippen LogP contribution in [-0.4, -0.2) is 40.8 Å². The second kappa shape index (κ2) is 6.11. The van der Waals surface area contributed by atoms with E-state index < -0.39 is 0 Å². The lowest BCUT2D eigenvalue weighted by atomic mass is 9.90. The molecule has 1 unspecified atom stereocenters. The van der Waals surface area contributed by atoms with Crippen LogP contribution in [0.5, 0.6) is 0 Å². The zero-order valence-corrected chi connectivity index (χ0v) is 17.2. The SMILES string of the molecule is CCC12CCCN1c1nc(-n3ccnc3-c3ccc(Cl)s3)ncc1-n1cnnc12. The van der Waals surface area contributed by atoms with Crippen LogP contribution in [0.4, 0.5) is 5.82 Å². The maximum Gasteiger partial charge on any atom is 0.237 e. The molecule has 10 heteroatoms. The number of halogens is 1. The fraction of sp³-hybridized carbons (Fsp3) is 0.316. The Morgan fingerprint density at radius 2 is 2.17 bits per heavy atom. The number of hydrogen-bond donors (Lipinski definition) is 0. The molecular weight excluding hydrogens is 408 g/mol. The van der Waals surface area contributed by atoms with E-state index in [-0.39, 0.29) is 5.54 Å². The van der Waals surface area contributed by atoms with Gasteiger partial charge in [-0.05, 0) is 31.4 Å². The molecule has 0 spiro atoms. The van der Waals surface area contributed by atoms with E-state index >= 15 is 0 Å². The molecule has 6 heterocycles. The molecule has 8 nitrogen and oxygen atoms in total. The summed E-state index contributed by atoms with van der Waals surface area (Å²) in [7, 11) is 0. The predicted octanol–water partition coefficient (Wildman–Crippen LogP) is 3.84. The average molecular weight is 425 g/mol. The summed E-state index contributed by atoms with van der Waals surface area (Å²) in [6.07, 6.45) is 10.4. The zero-order valence-electron chi connectivity index (χ0n) is 15.7. The second-order valence-corrected chi connectivity index (χ2v) is 8.98. The van der Waals surface area contributed by atoms with E-state index in [1.807, 2.05) is 33.7 Å². The van der Waals surface area contributed by atoms with E-state index in [1.54, 1.807) is 12.5 Å². The molecule has 1 saturated heterocycles. The van der Waals surface area contributed by atoms with Gasteiger partial charge in [0.25, 0.3) is 0 Å². The maximum absolute atomic E-state index is 6.13. The Morgan fingerprint density at radius 1 is 1.24 bits per heavy atom. The maximum atomic E-state index is 6.13. The molecule has 2 aliphatic heterocycles. The molecule has 0 aliphatic carbocycles. The Bertz CT molecular complexity index is 1230. The minimum absolute atomic E-state index is 0.159. The summed E-state index contributed by atoms with van der Waals surface area (Å²) in [4.78, 5) is 17.5. The van der Waals surface area contributed by atoms with Gasteiger partial charge in [-0.2, -0.15) is 4.98 Å². The largest absolute Gasteiger partial charge is 0.342 e. The lowest BCUT2D eigenvalue weighted by Crippen LogP contribution is -2.46. The molecule has 0 saturated carbocycles. The lowest BCUT2D eigenvalue weighted by Gasteiger charge is -2.42. The van der Waals surface area contributed by atoms with Crippen molar-refractivity contribution in [2.75, 3.05) is 11.4 Å². The molecule has 29 heavy (non-hydrogen) atoms. The fourth-order valence-corrected chi connectivity index (χ4v) is 5.63. The summed E-state index contributed by atoms with van der Waals surface area (Å²) in [5, 5.41) is 8.65. The van der Waals surface area contributed by atoms with Gasteiger partial charge < -0.3 is 4.90 Å². The Kier molecular flexibility index (Phi) is 3.60. The summed E-state index contributed by atoms with van der Waals surface area (Å²) >= 11 is 7.62. The highest BCUT2D eigenvalue weighted by atomic mass is 35.5. The number of fused-ring (bicyclic) bond motifs is 6. The molecule has 6 rings (SSSR count). The standard InChI is InChI=1S/C19H17ClN8S/c1-2-19-6-3-8-28(19)15-12(27-11-23-25-17(19)27)10-22-18(24-15)26-9-7-21-16(26)13-4-5-14(20)29-13/h4-5,7,9-11H,2-3,6,8H2,1H3. The van der Waals surface area contributed by atoms with Crippen molar-refractivity contribution in [1.29, 1.82) is 0 Å². The number of hydrogen-bond acceptors (Lipinski definition) is 7. The minimum Gasteiger partial charge on any atom is -0.342 e. The molecule has 2 aliphatic rings. The summed E-state index contributed by atoms with van der Waals surface area (Å²) in [5.74, 6) is 3.28. The van der Waals surface area contributed by atoms with Crippen LogP contribution < -0.4 is 4.90 Å². The normalized spacial score (nSPS) is 19.9. The van der Waals surface area contributed by atoms with Gasteiger partial charge in [0.05, 0.1) is 15.4 Å². The van der Waals surface area contributed by atoms with E-state index in [0.29, 0.717) is 5.95 Å². The number of thiophene rings is 1. The molecule has 4 aromatic rings. The number of nitrogens with zero attached hydrogens (tertiary/aromatic N) is 8. The van der Waals surface area contributed by atoms with Crippen molar-refractivity contribution in [3.63, 3.8) is 0 Å². The minimum atomic E-state index is -0.159. The molecule has 1 atom stereocenters. The molecule has 0 bridgehead atoms. The predicted molar refractivity (Wildman–Crippen MR) is 111 cm³/mol. The Morgan fingerprint density at radius 3 is 3.00 bits per heavy atom. The fourth-order valence-electron chi connectivity index (χ4n) is 4.60. The van der Waals surface area contributed by atoms with Crippen LogP contribution in [0.15, 0.2) is 37.1 Å². The van der Waals surface area contributed by atoms with Crippen LogP contribution in [0.25, 0.3) is 22.3 Å². The van der Waals surface area contributed by atoms with Gasteiger partial charge in [-0.15, -0.1) is 21.5 Å². The van der Waals surface area contributed by atoms with Gasteiger partial charge >= 0.3 is 0 Å². The van der Waals surface area contributed by atoms with Crippen molar-refractivity contribution in [3.8, 4) is 22.3 Å². The third-order valence-electron chi connectivity index (χ3n) is 5.94. The van der Waals surface area contributed by atoms with Crippen LogP contribution >= 0.6 is 22.9 Å². The van der Waals surface area contributed by atoms with Gasteiger partial charge in [0.2, 0.25) is 5.95 Å². The first-order chi connectivity index (χ1) is 14.2. The molecule has 1 fully saturated rings. The third-order valence-corrected chi connectivity index (χ3v) is 7.17. The third kappa shape index (κ3) is 2.28. The van der Waals surface area contributed by atoms with Gasteiger partial charge in [0, 0.05) is 18.9 Å². The summed E-state index contributed by atoms with van der Waals surface area (Å²) in [6, 6.07) is 3.85.